The normalized spacial score (nSPS) is 11.1. The summed E-state index contributed by atoms with van der Waals surface area (Å²) in [5, 5.41) is 4.10. The van der Waals surface area contributed by atoms with Gasteiger partial charge in [-0.3, -0.25) is 4.79 Å². The molecule has 2 rings (SSSR count). The SMILES string of the molecule is CCCOCCOCCOCCNC(=O)c1ccc2nc(CBr)c(CBr)nc2c1. The number of rotatable bonds is 14. The van der Waals surface area contributed by atoms with E-state index < -0.39 is 0 Å². The van der Waals surface area contributed by atoms with Crippen molar-refractivity contribution in [2.75, 3.05) is 46.2 Å². The smallest absolute Gasteiger partial charge is 0.251 e. The number of nitrogens with one attached hydrogen (secondary N) is 1. The fraction of sp³-hybridized carbons (Fsp3) is 0.550. The number of carbonyl (C=O) groups is 1. The highest BCUT2D eigenvalue weighted by Crippen LogP contribution is 2.18. The van der Waals surface area contributed by atoms with E-state index >= 15 is 0 Å². The topological polar surface area (TPSA) is 82.6 Å². The van der Waals surface area contributed by atoms with Crippen LogP contribution in [0.15, 0.2) is 18.2 Å². The predicted octanol–water partition coefficient (Wildman–Crippen LogP) is 3.61. The van der Waals surface area contributed by atoms with Crippen molar-refractivity contribution in [1.82, 2.24) is 15.3 Å². The summed E-state index contributed by atoms with van der Waals surface area (Å²) in [7, 11) is 0. The Morgan fingerprint density at radius 1 is 0.897 bits per heavy atom. The molecule has 29 heavy (non-hydrogen) atoms. The van der Waals surface area contributed by atoms with E-state index in [0.29, 0.717) is 61.3 Å². The van der Waals surface area contributed by atoms with Crippen LogP contribution in [0.25, 0.3) is 11.0 Å². The number of alkyl halides is 2. The van der Waals surface area contributed by atoms with Crippen LogP contribution in [-0.2, 0) is 24.9 Å². The van der Waals surface area contributed by atoms with Crippen LogP contribution in [0.2, 0.25) is 0 Å². The Morgan fingerprint density at radius 2 is 1.48 bits per heavy atom. The van der Waals surface area contributed by atoms with Gasteiger partial charge >= 0.3 is 0 Å². The minimum absolute atomic E-state index is 0.161. The quantitative estimate of drug-likeness (QED) is 0.295. The zero-order valence-electron chi connectivity index (χ0n) is 16.6. The lowest BCUT2D eigenvalue weighted by Crippen LogP contribution is -2.27. The average molecular weight is 533 g/mol. The Balaban J connectivity index is 1.70. The van der Waals surface area contributed by atoms with Gasteiger partial charge in [0.1, 0.15) is 0 Å². The number of ether oxygens (including phenoxy) is 3. The molecule has 7 nitrogen and oxygen atoms in total. The largest absolute Gasteiger partial charge is 0.379 e. The molecule has 1 aromatic heterocycles. The summed E-state index contributed by atoms with van der Waals surface area (Å²) in [6, 6.07) is 5.34. The Hall–Kier alpha value is -1.13. The Kier molecular flexibility index (Phi) is 11.6. The number of hydrogen-bond acceptors (Lipinski definition) is 6. The van der Waals surface area contributed by atoms with Gasteiger partial charge in [-0.25, -0.2) is 9.97 Å². The third kappa shape index (κ3) is 8.25. The number of aromatic nitrogens is 2. The van der Waals surface area contributed by atoms with E-state index in [0.717, 1.165) is 29.9 Å². The maximum Gasteiger partial charge on any atom is 0.251 e. The van der Waals surface area contributed by atoms with Gasteiger partial charge in [-0.1, -0.05) is 38.8 Å². The van der Waals surface area contributed by atoms with Crippen molar-refractivity contribution in [1.29, 1.82) is 0 Å². The van der Waals surface area contributed by atoms with Crippen molar-refractivity contribution in [3.8, 4) is 0 Å². The summed E-state index contributed by atoms with van der Waals surface area (Å²) in [6.45, 7) is 5.86. The van der Waals surface area contributed by atoms with Crippen molar-refractivity contribution in [3.63, 3.8) is 0 Å². The van der Waals surface area contributed by atoms with Crippen LogP contribution < -0.4 is 5.32 Å². The minimum Gasteiger partial charge on any atom is -0.379 e. The van der Waals surface area contributed by atoms with Crippen molar-refractivity contribution in [2.45, 2.75) is 24.0 Å². The molecule has 1 heterocycles. The fourth-order valence-corrected chi connectivity index (χ4v) is 3.41. The van der Waals surface area contributed by atoms with Crippen molar-refractivity contribution in [2.24, 2.45) is 0 Å². The summed E-state index contributed by atoms with van der Waals surface area (Å²) in [4.78, 5) is 21.5. The molecule has 0 aliphatic rings. The van der Waals surface area contributed by atoms with Gasteiger partial charge in [0.2, 0.25) is 0 Å². The molecule has 0 spiro atoms. The zero-order valence-corrected chi connectivity index (χ0v) is 19.8. The van der Waals surface area contributed by atoms with Crippen LogP contribution in [0.1, 0.15) is 35.1 Å². The molecular weight excluding hydrogens is 506 g/mol. The number of nitrogens with zero attached hydrogens (tertiary/aromatic N) is 2. The molecule has 0 saturated carbocycles. The zero-order chi connectivity index (χ0) is 20.9. The van der Waals surface area contributed by atoms with Gasteiger partial charge in [-0.05, 0) is 24.6 Å². The van der Waals surface area contributed by atoms with E-state index in [4.69, 9.17) is 14.2 Å². The first-order valence-corrected chi connectivity index (χ1v) is 11.9. The lowest BCUT2D eigenvalue weighted by atomic mass is 10.1. The monoisotopic (exact) mass is 531 g/mol. The molecule has 1 aromatic carbocycles. The molecule has 9 heteroatoms. The number of hydrogen-bond donors (Lipinski definition) is 1. The predicted molar refractivity (Wildman–Crippen MR) is 120 cm³/mol. The van der Waals surface area contributed by atoms with Gasteiger partial charge in [0.25, 0.3) is 5.91 Å². The molecule has 0 atom stereocenters. The van der Waals surface area contributed by atoms with E-state index in [2.05, 4.69) is 54.1 Å². The van der Waals surface area contributed by atoms with Crippen molar-refractivity contribution >= 4 is 48.8 Å². The minimum atomic E-state index is -0.161. The molecule has 1 N–H and O–H groups in total. The molecule has 0 aliphatic heterocycles. The Labute approximate surface area is 188 Å². The van der Waals surface area contributed by atoms with Gasteiger partial charge in [0.15, 0.2) is 0 Å². The van der Waals surface area contributed by atoms with Crippen LogP contribution in [0.5, 0.6) is 0 Å². The lowest BCUT2D eigenvalue weighted by molar-refractivity contribution is 0.0152. The molecule has 0 aliphatic carbocycles. The van der Waals surface area contributed by atoms with Gasteiger partial charge in [0.05, 0.1) is 55.5 Å². The Bertz CT molecular complexity index is 777. The second-order valence-corrected chi connectivity index (χ2v) is 7.30. The molecular formula is C20H27Br2N3O4. The second-order valence-electron chi connectivity index (χ2n) is 6.18. The Morgan fingerprint density at radius 3 is 2.10 bits per heavy atom. The molecule has 2 aromatic rings. The number of amides is 1. The number of fused-ring (bicyclic) bond motifs is 1. The number of carbonyl (C=O) groups excluding carboxylic acids is 1. The molecule has 0 radical (unpaired) electrons. The molecule has 1 amide bonds. The number of halogens is 2. The van der Waals surface area contributed by atoms with Crippen LogP contribution in [0.4, 0.5) is 0 Å². The maximum atomic E-state index is 12.4. The van der Waals surface area contributed by atoms with E-state index in [-0.39, 0.29) is 5.91 Å². The third-order valence-corrected chi connectivity index (χ3v) is 5.02. The summed E-state index contributed by atoms with van der Waals surface area (Å²) in [5.41, 5.74) is 3.77. The number of benzene rings is 1. The standard InChI is InChI=1S/C20H27Br2N3O4/c1-2-6-27-8-10-29-11-9-28-7-5-23-20(26)15-3-4-16-17(12-15)25-19(14-22)18(13-21)24-16/h3-4,12H,2,5-11,13-14H2,1H3,(H,23,26). The van der Waals surface area contributed by atoms with Gasteiger partial charge in [-0.15, -0.1) is 0 Å². The average Bonchev–Trinajstić information content (AvgIpc) is 2.75. The van der Waals surface area contributed by atoms with E-state index in [1.54, 1.807) is 12.1 Å². The maximum absolute atomic E-state index is 12.4. The summed E-state index contributed by atoms with van der Waals surface area (Å²) < 4.78 is 16.2. The van der Waals surface area contributed by atoms with Gasteiger partial charge in [-0.2, -0.15) is 0 Å². The summed E-state index contributed by atoms with van der Waals surface area (Å²) >= 11 is 6.86. The summed E-state index contributed by atoms with van der Waals surface area (Å²) in [6.07, 6.45) is 1.01. The van der Waals surface area contributed by atoms with E-state index in [1.165, 1.54) is 0 Å². The fourth-order valence-electron chi connectivity index (χ4n) is 2.51. The molecule has 0 saturated heterocycles. The lowest BCUT2D eigenvalue weighted by Gasteiger charge is -2.09. The molecule has 0 unspecified atom stereocenters. The first-order chi connectivity index (χ1) is 14.2. The van der Waals surface area contributed by atoms with Gasteiger partial charge < -0.3 is 19.5 Å². The highest BCUT2D eigenvalue weighted by molar-refractivity contribution is 9.09. The van der Waals surface area contributed by atoms with Crippen LogP contribution >= 0.6 is 31.9 Å². The highest BCUT2D eigenvalue weighted by atomic mass is 79.9. The molecule has 160 valence electrons. The van der Waals surface area contributed by atoms with Crippen LogP contribution in [0.3, 0.4) is 0 Å². The molecule has 0 fully saturated rings. The first-order valence-electron chi connectivity index (χ1n) is 9.62. The second kappa shape index (κ2) is 14.0. The van der Waals surface area contributed by atoms with Crippen LogP contribution in [0, 0.1) is 0 Å². The van der Waals surface area contributed by atoms with Crippen LogP contribution in [-0.4, -0.2) is 62.1 Å². The first kappa shape index (κ1) is 24.1. The van der Waals surface area contributed by atoms with Crippen molar-refractivity contribution in [3.05, 3.63) is 35.2 Å². The van der Waals surface area contributed by atoms with E-state index in [1.807, 2.05) is 6.07 Å². The molecule has 0 bridgehead atoms. The van der Waals surface area contributed by atoms with Crippen molar-refractivity contribution < 1.29 is 19.0 Å². The van der Waals surface area contributed by atoms with Gasteiger partial charge in [0, 0.05) is 29.4 Å². The third-order valence-electron chi connectivity index (χ3n) is 3.96. The van der Waals surface area contributed by atoms with E-state index in [9.17, 15) is 4.79 Å². The summed E-state index contributed by atoms with van der Waals surface area (Å²) in [5.74, 6) is -0.161. The highest BCUT2D eigenvalue weighted by Gasteiger charge is 2.10.